The van der Waals surface area contributed by atoms with E-state index in [-0.39, 0.29) is 34.9 Å². The van der Waals surface area contributed by atoms with Gasteiger partial charge in [-0.25, -0.2) is 18.1 Å². The number of alkyl halides is 1. The van der Waals surface area contributed by atoms with Crippen molar-refractivity contribution in [3.05, 3.63) is 65.3 Å². The number of anilines is 1. The van der Waals surface area contributed by atoms with Gasteiger partial charge in [-0.3, -0.25) is 0 Å². The summed E-state index contributed by atoms with van der Waals surface area (Å²) in [6.45, 7) is 1.41. The van der Waals surface area contributed by atoms with Crippen LogP contribution in [0.2, 0.25) is 5.02 Å². The molecule has 0 amide bonds. The highest BCUT2D eigenvalue weighted by atomic mass is 35.5. The van der Waals surface area contributed by atoms with Crippen LogP contribution in [-0.4, -0.2) is 51.3 Å². The predicted molar refractivity (Wildman–Crippen MR) is 136 cm³/mol. The molecule has 1 fully saturated rings. The lowest BCUT2D eigenvalue weighted by molar-refractivity contribution is 0.341. The summed E-state index contributed by atoms with van der Waals surface area (Å²) in [5, 5.41) is 9.68. The van der Waals surface area contributed by atoms with Crippen LogP contribution in [0.1, 0.15) is 5.56 Å². The fourth-order valence-corrected chi connectivity index (χ4v) is 4.73. The lowest BCUT2D eigenvalue weighted by atomic mass is 10.1. The molecular formula is C24H22Cl2N4O4S. The van der Waals surface area contributed by atoms with E-state index >= 15 is 0 Å². The molecule has 0 atom stereocenters. The van der Waals surface area contributed by atoms with Crippen LogP contribution in [0.4, 0.5) is 5.82 Å². The van der Waals surface area contributed by atoms with Crippen LogP contribution in [0, 0.1) is 11.3 Å². The van der Waals surface area contributed by atoms with Gasteiger partial charge in [-0.1, -0.05) is 23.7 Å². The van der Waals surface area contributed by atoms with E-state index in [4.69, 9.17) is 32.7 Å². The summed E-state index contributed by atoms with van der Waals surface area (Å²) >= 11 is 11.9. The predicted octanol–water partition coefficient (Wildman–Crippen LogP) is 4.42. The maximum Gasteiger partial charge on any atom is 0.209 e. The highest BCUT2D eigenvalue weighted by Gasteiger charge is 2.29. The number of pyridine rings is 1. The van der Waals surface area contributed by atoms with Crippen LogP contribution >= 0.6 is 23.2 Å². The van der Waals surface area contributed by atoms with Crippen LogP contribution in [0.25, 0.3) is 11.1 Å². The second-order valence-corrected chi connectivity index (χ2v) is 10.5. The molecule has 11 heteroatoms. The molecule has 0 bridgehead atoms. The molecule has 0 radical (unpaired) electrons. The van der Waals surface area contributed by atoms with E-state index < -0.39 is 10.0 Å². The monoisotopic (exact) mass is 532 g/mol. The van der Waals surface area contributed by atoms with Gasteiger partial charge in [0.2, 0.25) is 10.0 Å². The van der Waals surface area contributed by atoms with E-state index in [0.29, 0.717) is 24.6 Å². The summed E-state index contributed by atoms with van der Waals surface area (Å²) in [6, 6.07) is 16.5. The third-order valence-corrected chi connectivity index (χ3v) is 6.42. The fourth-order valence-electron chi connectivity index (χ4n) is 3.64. The molecule has 1 aliphatic heterocycles. The average molecular weight is 533 g/mol. The van der Waals surface area contributed by atoms with Crippen molar-refractivity contribution in [2.45, 2.75) is 6.04 Å². The zero-order chi connectivity index (χ0) is 25.0. The number of hydrogen-bond donors (Lipinski definition) is 1. The molecule has 0 aliphatic carbocycles. The number of nitriles is 1. The van der Waals surface area contributed by atoms with Gasteiger partial charge in [-0.15, -0.1) is 11.6 Å². The molecule has 3 aromatic rings. The molecule has 182 valence electrons. The van der Waals surface area contributed by atoms with Gasteiger partial charge in [0, 0.05) is 37.0 Å². The lowest BCUT2D eigenvalue weighted by Crippen LogP contribution is -2.59. The number of nitrogens with one attached hydrogen (secondary N) is 1. The van der Waals surface area contributed by atoms with Crippen molar-refractivity contribution >= 4 is 39.0 Å². The van der Waals surface area contributed by atoms with E-state index in [9.17, 15) is 13.7 Å². The number of benzene rings is 2. The van der Waals surface area contributed by atoms with E-state index in [1.807, 2.05) is 41.3 Å². The van der Waals surface area contributed by atoms with Gasteiger partial charge in [0.05, 0.1) is 28.8 Å². The highest BCUT2D eigenvalue weighted by Crippen LogP contribution is 2.35. The molecule has 2 aromatic carbocycles. The van der Waals surface area contributed by atoms with Crippen LogP contribution in [-0.2, 0) is 10.0 Å². The summed E-state index contributed by atoms with van der Waals surface area (Å²) in [7, 11) is -3.21. The minimum Gasteiger partial charge on any atom is -0.489 e. The van der Waals surface area contributed by atoms with Gasteiger partial charge in [-0.05, 0) is 29.8 Å². The number of ether oxygens (including phenoxy) is 2. The van der Waals surface area contributed by atoms with E-state index in [2.05, 4.69) is 15.8 Å². The summed E-state index contributed by atoms with van der Waals surface area (Å²) < 4.78 is 36.6. The largest absolute Gasteiger partial charge is 0.489 e. The third-order valence-electron chi connectivity index (χ3n) is 5.22. The normalized spacial score (nSPS) is 13.7. The van der Waals surface area contributed by atoms with Crippen LogP contribution < -0.4 is 19.1 Å². The number of nitrogens with zero attached hydrogens (tertiary/aromatic N) is 3. The molecule has 4 rings (SSSR count). The first-order valence-electron chi connectivity index (χ1n) is 10.6. The maximum atomic E-state index is 11.3. The van der Waals surface area contributed by atoms with Gasteiger partial charge in [-0.2, -0.15) is 5.26 Å². The Morgan fingerprint density at radius 2 is 1.86 bits per heavy atom. The summed E-state index contributed by atoms with van der Waals surface area (Å²) in [5.74, 6) is 2.36. The number of aromatic nitrogens is 1. The molecule has 0 spiro atoms. The Morgan fingerprint density at radius 3 is 2.46 bits per heavy atom. The Kier molecular flexibility index (Phi) is 7.67. The summed E-state index contributed by atoms with van der Waals surface area (Å²) in [6.07, 6.45) is 2.94. The Morgan fingerprint density at radius 1 is 1.14 bits per heavy atom. The van der Waals surface area contributed by atoms with Crippen molar-refractivity contribution in [1.82, 2.24) is 9.71 Å². The first kappa shape index (κ1) is 25.1. The molecule has 35 heavy (non-hydrogen) atoms. The van der Waals surface area contributed by atoms with Crippen molar-refractivity contribution in [2.75, 3.05) is 36.7 Å². The molecule has 1 aromatic heterocycles. The summed E-state index contributed by atoms with van der Waals surface area (Å²) in [5.41, 5.74) is 2.15. The van der Waals surface area contributed by atoms with Crippen LogP contribution in [0.15, 0.2) is 54.7 Å². The number of sulfonamides is 1. The molecule has 8 nitrogen and oxygen atoms in total. The van der Waals surface area contributed by atoms with Crippen molar-refractivity contribution in [2.24, 2.45) is 0 Å². The Hall–Kier alpha value is -3.03. The standard InChI is InChI=1S/C24H22Cl2N4O4S/c1-35(31,32)29-19-14-30(15-19)23-7-4-17(13-28-23)16-2-5-20(6-3-16)34-21-10-18(12-27)24(22(26)11-21)33-9-8-25/h2-7,10-11,13,19,29H,8-9,14-15H2,1H3. The van der Waals surface area contributed by atoms with Crippen LogP contribution in [0.5, 0.6) is 17.2 Å². The van der Waals surface area contributed by atoms with E-state index in [1.165, 1.54) is 0 Å². The first-order chi connectivity index (χ1) is 16.8. The molecular weight excluding hydrogens is 511 g/mol. The summed E-state index contributed by atoms with van der Waals surface area (Å²) in [4.78, 5) is 6.52. The molecule has 1 saturated heterocycles. The minimum atomic E-state index is -3.21. The van der Waals surface area contributed by atoms with Gasteiger partial charge in [0.25, 0.3) is 0 Å². The van der Waals surface area contributed by atoms with Crippen LogP contribution in [0.3, 0.4) is 0 Å². The fraction of sp³-hybridized carbons (Fsp3) is 0.250. The lowest BCUT2D eigenvalue weighted by Gasteiger charge is -2.39. The Labute approximate surface area is 214 Å². The van der Waals surface area contributed by atoms with Crippen molar-refractivity contribution in [3.8, 4) is 34.4 Å². The molecule has 0 saturated carbocycles. The van der Waals surface area contributed by atoms with Gasteiger partial charge in [0.15, 0.2) is 5.75 Å². The van der Waals surface area contributed by atoms with Crippen molar-refractivity contribution in [1.29, 1.82) is 5.26 Å². The second-order valence-electron chi connectivity index (χ2n) is 7.95. The van der Waals surface area contributed by atoms with Gasteiger partial charge < -0.3 is 14.4 Å². The molecule has 1 aliphatic rings. The van der Waals surface area contributed by atoms with E-state index in [1.54, 1.807) is 18.3 Å². The van der Waals surface area contributed by atoms with E-state index in [0.717, 1.165) is 23.2 Å². The Balaban J connectivity index is 1.40. The van der Waals surface area contributed by atoms with Crippen molar-refractivity contribution in [3.63, 3.8) is 0 Å². The SMILES string of the molecule is CS(=O)(=O)NC1CN(c2ccc(-c3ccc(Oc4cc(Cl)c(OCCCl)c(C#N)c4)cc3)cn2)C1. The van der Waals surface area contributed by atoms with Crippen molar-refractivity contribution < 1.29 is 17.9 Å². The van der Waals surface area contributed by atoms with Gasteiger partial charge >= 0.3 is 0 Å². The minimum absolute atomic E-state index is 0.0903. The highest BCUT2D eigenvalue weighted by molar-refractivity contribution is 7.88. The smallest absolute Gasteiger partial charge is 0.209 e. The Bertz CT molecular complexity index is 1340. The van der Waals surface area contributed by atoms with Gasteiger partial charge in [0.1, 0.15) is 30.0 Å². The number of halogens is 2. The number of rotatable bonds is 9. The quantitative estimate of drug-likeness (QED) is 0.406. The number of hydrogen-bond acceptors (Lipinski definition) is 7. The maximum absolute atomic E-state index is 11.3. The third kappa shape index (κ3) is 6.35. The molecule has 2 heterocycles. The second kappa shape index (κ2) is 10.7. The molecule has 1 N–H and O–H groups in total. The first-order valence-corrected chi connectivity index (χ1v) is 13.4. The zero-order valence-corrected chi connectivity index (χ0v) is 21.1. The molecule has 0 unspecified atom stereocenters. The topological polar surface area (TPSA) is 105 Å². The zero-order valence-electron chi connectivity index (χ0n) is 18.7. The average Bonchev–Trinajstić information content (AvgIpc) is 2.80.